The maximum atomic E-state index is 6.41. The quantitative estimate of drug-likeness (QED) is 0.856. The first-order valence-electron chi connectivity index (χ1n) is 9.08. The summed E-state index contributed by atoms with van der Waals surface area (Å²) in [6, 6.07) is 4.51. The van der Waals surface area contributed by atoms with E-state index in [1.807, 2.05) is 24.4 Å². The molecule has 1 aromatic heterocycles. The lowest BCUT2D eigenvalue weighted by Gasteiger charge is -2.33. The van der Waals surface area contributed by atoms with E-state index < -0.39 is 0 Å². The molecular formula is C20H23ClN5. The minimum atomic E-state index is 0.506. The predicted molar refractivity (Wildman–Crippen MR) is 109 cm³/mol. The van der Waals surface area contributed by atoms with Crippen LogP contribution in [0, 0.1) is 6.42 Å². The van der Waals surface area contributed by atoms with Crippen LogP contribution in [0.25, 0.3) is 10.9 Å². The Labute approximate surface area is 159 Å². The second-order valence-electron chi connectivity index (χ2n) is 6.73. The number of halogens is 1. The number of nitrogens with one attached hydrogen (secondary N) is 2. The molecule has 1 aliphatic heterocycles. The smallest absolute Gasteiger partial charge is 0.227 e. The standard InChI is InChI=1S/C20H23ClN5/c1-26(15-9-11-22-12-10-15)18-8-7-17(21)16-13-23-20(25-19(16)18)24-14-5-3-2-4-6-14/h2-3,5-8,13,15,22H,4,9-12H2,1H3,(H,23,24,25). The van der Waals surface area contributed by atoms with E-state index in [9.17, 15) is 0 Å². The number of piperidine rings is 1. The van der Waals surface area contributed by atoms with Gasteiger partial charge >= 0.3 is 0 Å². The van der Waals surface area contributed by atoms with Gasteiger partial charge in [0.1, 0.15) is 5.52 Å². The maximum absolute atomic E-state index is 6.41. The van der Waals surface area contributed by atoms with E-state index in [4.69, 9.17) is 16.6 Å². The van der Waals surface area contributed by atoms with Gasteiger partial charge in [-0.05, 0) is 57.0 Å². The van der Waals surface area contributed by atoms with Crippen LogP contribution in [0.5, 0.6) is 0 Å². The van der Waals surface area contributed by atoms with Gasteiger partial charge in [-0.25, -0.2) is 9.97 Å². The Hall–Kier alpha value is -2.11. The first-order valence-corrected chi connectivity index (χ1v) is 9.46. The van der Waals surface area contributed by atoms with Crippen molar-refractivity contribution in [2.75, 3.05) is 30.4 Å². The Morgan fingerprint density at radius 2 is 2.12 bits per heavy atom. The number of nitrogens with zero attached hydrogens (tertiary/aromatic N) is 3. The molecule has 4 rings (SSSR count). The lowest BCUT2D eigenvalue weighted by Crippen LogP contribution is -2.41. The minimum Gasteiger partial charge on any atom is -0.370 e. The molecule has 1 fully saturated rings. The largest absolute Gasteiger partial charge is 0.370 e. The summed E-state index contributed by atoms with van der Waals surface area (Å²) in [7, 11) is 2.15. The van der Waals surface area contributed by atoms with Crippen LogP contribution in [-0.4, -0.2) is 36.1 Å². The third kappa shape index (κ3) is 3.55. The second kappa shape index (κ2) is 7.64. The van der Waals surface area contributed by atoms with E-state index in [-0.39, 0.29) is 0 Å². The van der Waals surface area contributed by atoms with E-state index in [2.05, 4.69) is 46.1 Å². The third-order valence-corrected chi connectivity index (χ3v) is 5.38. The summed E-state index contributed by atoms with van der Waals surface area (Å²) in [6.45, 7) is 2.11. The maximum Gasteiger partial charge on any atom is 0.227 e. The molecule has 0 atom stereocenters. The van der Waals surface area contributed by atoms with Crippen LogP contribution in [-0.2, 0) is 0 Å². The fraction of sp³-hybridized carbons (Fsp3) is 0.350. The van der Waals surface area contributed by atoms with Gasteiger partial charge in [0.05, 0.1) is 10.7 Å². The number of aromatic nitrogens is 2. The average molecular weight is 369 g/mol. The zero-order valence-corrected chi connectivity index (χ0v) is 15.6. The number of hydrogen-bond acceptors (Lipinski definition) is 5. The summed E-state index contributed by atoms with van der Waals surface area (Å²) in [5.41, 5.74) is 3.01. The van der Waals surface area contributed by atoms with Crippen molar-refractivity contribution in [2.24, 2.45) is 0 Å². The summed E-state index contributed by atoms with van der Waals surface area (Å²) in [5, 5.41) is 8.29. The van der Waals surface area contributed by atoms with E-state index >= 15 is 0 Å². The molecule has 1 radical (unpaired) electrons. The lowest BCUT2D eigenvalue weighted by atomic mass is 10.0. The Kier molecular flexibility index (Phi) is 5.09. The van der Waals surface area contributed by atoms with Crippen molar-refractivity contribution in [3.63, 3.8) is 0 Å². The molecule has 1 aromatic carbocycles. The molecule has 2 aliphatic rings. The molecule has 0 saturated carbocycles. The van der Waals surface area contributed by atoms with Gasteiger partial charge in [0.25, 0.3) is 0 Å². The van der Waals surface area contributed by atoms with E-state index in [1.54, 1.807) is 0 Å². The van der Waals surface area contributed by atoms with Crippen molar-refractivity contribution in [2.45, 2.75) is 25.3 Å². The number of allylic oxidation sites excluding steroid dienone is 3. The molecule has 0 spiro atoms. The molecular weight excluding hydrogens is 346 g/mol. The van der Waals surface area contributed by atoms with Gasteiger partial charge in [-0.2, -0.15) is 0 Å². The monoisotopic (exact) mass is 368 g/mol. The Balaban J connectivity index is 1.70. The summed E-state index contributed by atoms with van der Waals surface area (Å²) < 4.78 is 0. The van der Waals surface area contributed by atoms with E-state index in [0.717, 1.165) is 54.6 Å². The van der Waals surface area contributed by atoms with Gasteiger partial charge in [0, 0.05) is 30.4 Å². The Bertz CT molecular complexity index is 855. The van der Waals surface area contributed by atoms with Crippen LogP contribution in [0.1, 0.15) is 19.3 Å². The number of benzene rings is 1. The molecule has 2 heterocycles. The first-order chi connectivity index (χ1) is 12.7. The number of hydrogen-bond donors (Lipinski definition) is 2. The number of anilines is 2. The van der Waals surface area contributed by atoms with Crippen LogP contribution in [0.2, 0.25) is 5.02 Å². The van der Waals surface area contributed by atoms with E-state index in [0.29, 0.717) is 17.0 Å². The summed E-state index contributed by atoms with van der Waals surface area (Å²) in [6.07, 6.45) is 13.3. The molecule has 0 unspecified atom stereocenters. The second-order valence-corrected chi connectivity index (χ2v) is 7.14. The molecule has 2 N–H and O–H groups in total. The molecule has 1 aliphatic carbocycles. The van der Waals surface area contributed by atoms with Gasteiger partial charge < -0.3 is 15.5 Å². The fourth-order valence-electron chi connectivity index (χ4n) is 3.54. The minimum absolute atomic E-state index is 0.506. The Morgan fingerprint density at radius 1 is 1.27 bits per heavy atom. The normalized spacial score (nSPS) is 18.0. The Morgan fingerprint density at radius 3 is 2.88 bits per heavy atom. The summed E-state index contributed by atoms with van der Waals surface area (Å²) in [4.78, 5) is 11.6. The molecule has 0 amide bonds. The van der Waals surface area contributed by atoms with Crippen LogP contribution in [0.3, 0.4) is 0 Å². The van der Waals surface area contributed by atoms with Crippen LogP contribution in [0.4, 0.5) is 11.6 Å². The highest BCUT2D eigenvalue weighted by Gasteiger charge is 2.21. The molecule has 6 heteroatoms. The highest BCUT2D eigenvalue weighted by Crippen LogP contribution is 2.32. The molecule has 135 valence electrons. The fourth-order valence-corrected chi connectivity index (χ4v) is 3.74. The van der Waals surface area contributed by atoms with Crippen molar-refractivity contribution < 1.29 is 0 Å². The van der Waals surface area contributed by atoms with Gasteiger partial charge in [0.15, 0.2) is 0 Å². The van der Waals surface area contributed by atoms with Gasteiger partial charge in [0.2, 0.25) is 5.95 Å². The topological polar surface area (TPSA) is 53.1 Å². The van der Waals surface area contributed by atoms with Crippen molar-refractivity contribution in [3.05, 3.63) is 53.7 Å². The number of rotatable bonds is 4. The summed E-state index contributed by atoms with van der Waals surface area (Å²) >= 11 is 6.41. The van der Waals surface area contributed by atoms with Crippen molar-refractivity contribution >= 4 is 34.1 Å². The first kappa shape index (κ1) is 17.3. The van der Waals surface area contributed by atoms with Gasteiger partial charge in [-0.1, -0.05) is 23.8 Å². The highest BCUT2D eigenvalue weighted by atomic mass is 35.5. The van der Waals surface area contributed by atoms with Crippen molar-refractivity contribution in [3.8, 4) is 0 Å². The summed E-state index contributed by atoms with van der Waals surface area (Å²) in [5.74, 6) is 0.595. The SMILES string of the molecule is CN(c1ccc(Cl)c2cnc(NC3=CC[CH]C=C3)nc12)C1CCNCC1. The number of fused-ring (bicyclic) bond motifs is 1. The highest BCUT2D eigenvalue weighted by molar-refractivity contribution is 6.35. The van der Waals surface area contributed by atoms with Crippen molar-refractivity contribution in [1.29, 1.82) is 0 Å². The predicted octanol–water partition coefficient (Wildman–Crippen LogP) is 3.93. The van der Waals surface area contributed by atoms with Gasteiger partial charge in [-0.15, -0.1) is 0 Å². The average Bonchev–Trinajstić information content (AvgIpc) is 2.69. The zero-order valence-electron chi connectivity index (χ0n) is 14.9. The molecule has 26 heavy (non-hydrogen) atoms. The van der Waals surface area contributed by atoms with Gasteiger partial charge in [-0.3, -0.25) is 0 Å². The van der Waals surface area contributed by atoms with Crippen molar-refractivity contribution in [1.82, 2.24) is 15.3 Å². The molecule has 0 bridgehead atoms. The third-order valence-electron chi connectivity index (χ3n) is 5.05. The molecule has 5 nitrogen and oxygen atoms in total. The molecule has 2 aromatic rings. The lowest BCUT2D eigenvalue weighted by molar-refractivity contribution is 0.444. The zero-order chi connectivity index (χ0) is 17.9. The van der Waals surface area contributed by atoms with Crippen LogP contribution >= 0.6 is 11.6 Å². The van der Waals surface area contributed by atoms with Crippen LogP contribution in [0.15, 0.2) is 42.3 Å². The molecule has 1 saturated heterocycles. The van der Waals surface area contributed by atoms with E-state index in [1.165, 1.54) is 0 Å². The van der Waals surface area contributed by atoms with Crippen LogP contribution < -0.4 is 15.5 Å².